The second-order valence-electron chi connectivity index (χ2n) is 11.9. The lowest BCUT2D eigenvalue weighted by molar-refractivity contribution is -0.143. The predicted octanol–water partition coefficient (Wildman–Crippen LogP) is 3.69. The molecule has 3 amide bonds. The zero-order chi connectivity index (χ0) is 30.2. The minimum atomic E-state index is -1.27. The van der Waals surface area contributed by atoms with Crippen molar-refractivity contribution in [3.8, 4) is 0 Å². The molecule has 224 valence electrons. The molecule has 0 saturated carbocycles. The first-order valence-electron chi connectivity index (χ1n) is 13.9. The number of β-lactam (4-membered cyclic amide) rings is 1. The van der Waals surface area contributed by atoms with Gasteiger partial charge in [0.1, 0.15) is 13.2 Å². The largest absolute Gasteiger partial charge is 0.445 e. The molecular weight excluding hydrogens is 530 g/mol. The summed E-state index contributed by atoms with van der Waals surface area (Å²) < 4.78 is 16.4. The molecule has 0 aromatic rings. The van der Waals surface area contributed by atoms with Crippen molar-refractivity contribution in [2.75, 3.05) is 33.4 Å². The number of ether oxygens (including phenoxy) is 2. The van der Waals surface area contributed by atoms with Crippen LogP contribution in [0.1, 0.15) is 40.5 Å². The van der Waals surface area contributed by atoms with Crippen LogP contribution in [0.25, 0.3) is 0 Å². The molecule has 10 nitrogen and oxygen atoms in total. The van der Waals surface area contributed by atoms with E-state index in [1.807, 2.05) is 0 Å². The van der Waals surface area contributed by atoms with Crippen LogP contribution in [0.2, 0.25) is 13.1 Å². The number of rotatable bonds is 13. The van der Waals surface area contributed by atoms with Gasteiger partial charge >= 0.3 is 12.2 Å². The first-order valence-corrected chi connectivity index (χ1v) is 16.7. The van der Waals surface area contributed by atoms with Crippen LogP contribution in [0.15, 0.2) is 37.0 Å². The number of allylic oxidation sites excluding steroid dienone is 1. The zero-order valence-electron chi connectivity index (χ0n) is 25.1. The molecule has 2 saturated heterocycles. The normalized spacial score (nSPS) is 23.6. The van der Waals surface area contributed by atoms with Gasteiger partial charge in [-0.15, -0.1) is 0 Å². The van der Waals surface area contributed by atoms with Gasteiger partial charge in [-0.05, 0) is 43.3 Å². The van der Waals surface area contributed by atoms with E-state index in [0.717, 1.165) is 0 Å². The number of carbonyl (C=O) groups excluding carboxylic acids is 4. The topological polar surface area (TPSA) is 114 Å². The number of hydrogen-bond donors (Lipinski definition) is 1. The van der Waals surface area contributed by atoms with Crippen molar-refractivity contribution in [3.05, 3.63) is 37.0 Å². The molecule has 40 heavy (non-hydrogen) atoms. The summed E-state index contributed by atoms with van der Waals surface area (Å²) in [5.74, 6) is -0.473. The molecule has 0 spiro atoms. The number of likely N-dealkylation sites (tertiary alicyclic amines) is 1. The van der Waals surface area contributed by atoms with Crippen LogP contribution in [-0.4, -0.2) is 94.3 Å². The maximum atomic E-state index is 13.3. The van der Waals surface area contributed by atoms with Gasteiger partial charge in [0.15, 0.2) is 14.8 Å². The standard InChI is InChI=1S/C29H47N3O7Si/c1-10-12-37-27(35)31(7)21-15-20(32(17-21)28(36)38-13-11-2)14-19(3)24(33)16-23-25(26(34)30-23)22(29(4,5)6)18-39-40(8)9/h10-11,14,20-23,25,40H,1-2,12-13,15-18H2,3-9H3,(H,30,34)/t20-,21+,22-,23-,25+/m1/s1. The highest BCUT2D eigenvalue weighted by Crippen LogP contribution is 2.39. The fourth-order valence-electron chi connectivity index (χ4n) is 5.11. The first-order chi connectivity index (χ1) is 18.7. The van der Waals surface area contributed by atoms with Gasteiger partial charge in [0.2, 0.25) is 5.91 Å². The second-order valence-corrected chi connectivity index (χ2v) is 14.4. The molecule has 5 atom stereocenters. The Bertz CT molecular complexity index is 991. The van der Waals surface area contributed by atoms with Crippen molar-refractivity contribution >= 4 is 32.9 Å². The SMILES string of the molecule is C=CCOC(=O)N(C)[C@H]1C[C@@H](C=C(C)C(=O)C[C@H]2NC(=O)[C@H]2[C@@H](CO[SiH](C)C)C(C)(C)C)N(C(=O)OCC=C)C1. The van der Waals surface area contributed by atoms with Gasteiger partial charge in [-0.3, -0.25) is 14.5 Å². The van der Waals surface area contributed by atoms with Gasteiger partial charge in [-0.25, -0.2) is 9.59 Å². The van der Waals surface area contributed by atoms with Crippen LogP contribution in [-0.2, 0) is 23.5 Å². The summed E-state index contributed by atoms with van der Waals surface area (Å²) in [6, 6.07) is -1.06. The Morgan fingerprint density at radius 2 is 1.80 bits per heavy atom. The van der Waals surface area contributed by atoms with Crippen molar-refractivity contribution in [2.24, 2.45) is 17.3 Å². The molecule has 2 aliphatic rings. The maximum absolute atomic E-state index is 13.3. The Hall–Kier alpha value is -2.92. The van der Waals surface area contributed by atoms with E-state index in [1.54, 1.807) is 20.0 Å². The highest BCUT2D eigenvalue weighted by molar-refractivity contribution is 6.48. The van der Waals surface area contributed by atoms with Crippen molar-refractivity contribution < 1.29 is 33.1 Å². The summed E-state index contributed by atoms with van der Waals surface area (Å²) in [6.07, 6.45) is 4.22. The van der Waals surface area contributed by atoms with E-state index < -0.39 is 27.3 Å². The van der Waals surface area contributed by atoms with E-state index in [2.05, 4.69) is 52.3 Å². The van der Waals surface area contributed by atoms with Crippen molar-refractivity contribution in [2.45, 2.75) is 71.8 Å². The lowest BCUT2D eigenvalue weighted by Crippen LogP contribution is -2.63. The summed E-state index contributed by atoms with van der Waals surface area (Å²) in [6.45, 7) is 20.2. The maximum Gasteiger partial charge on any atom is 0.410 e. The van der Waals surface area contributed by atoms with Crippen molar-refractivity contribution in [1.82, 2.24) is 15.1 Å². The van der Waals surface area contributed by atoms with Crippen LogP contribution in [0.4, 0.5) is 9.59 Å². The Kier molecular flexibility index (Phi) is 12.2. The number of nitrogens with zero attached hydrogens (tertiary/aromatic N) is 2. The smallest absolute Gasteiger partial charge is 0.410 e. The summed E-state index contributed by atoms with van der Waals surface area (Å²) in [5, 5.41) is 2.92. The number of hydrogen-bond acceptors (Lipinski definition) is 7. The number of likely N-dealkylation sites (N-methyl/N-ethyl adjacent to an activating group) is 1. The fourth-order valence-corrected chi connectivity index (χ4v) is 5.71. The zero-order valence-corrected chi connectivity index (χ0v) is 26.3. The Morgan fingerprint density at radius 3 is 2.35 bits per heavy atom. The predicted molar refractivity (Wildman–Crippen MR) is 156 cm³/mol. The Morgan fingerprint density at radius 1 is 1.18 bits per heavy atom. The van der Waals surface area contributed by atoms with E-state index in [9.17, 15) is 19.2 Å². The van der Waals surface area contributed by atoms with Gasteiger partial charge in [-0.2, -0.15) is 0 Å². The Balaban J connectivity index is 2.18. The number of Topliss-reactive ketones (excluding diaryl/α,β-unsaturated/α-hetero) is 1. The van der Waals surface area contributed by atoms with E-state index in [1.165, 1.54) is 22.0 Å². The summed E-state index contributed by atoms with van der Waals surface area (Å²) in [5.41, 5.74) is 0.323. The molecule has 2 aliphatic heterocycles. The van der Waals surface area contributed by atoms with Crippen LogP contribution < -0.4 is 5.32 Å². The lowest BCUT2D eigenvalue weighted by atomic mass is 9.66. The number of nitrogens with one attached hydrogen (secondary N) is 1. The molecule has 1 N–H and O–H groups in total. The average Bonchev–Trinajstić information content (AvgIpc) is 3.29. The van der Waals surface area contributed by atoms with E-state index >= 15 is 0 Å². The van der Waals surface area contributed by atoms with E-state index in [-0.39, 0.29) is 67.2 Å². The van der Waals surface area contributed by atoms with Crippen LogP contribution >= 0.6 is 0 Å². The molecule has 0 aliphatic carbocycles. The minimum absolute atomic E-state index is 0.0136. The quantitative estimate of drug-likeness (QED) is 0.154. The molecule has 0 bridgehead atoms. The number of amides is 3. The van der Waals surface area contributed by atoms with Crippen molar-refractivity contribution in [3.63, 3.8) is 0 Å². The summed E-state index contributed by atoms with van der Waals surface area (Å²) in [7, 11) is 0.345. The van der Waals surface area contributed by atoms with E-state index in [4.69, 9.17) is 13.9 Å². The third-order valence-corrected chi connectivity index (χ3v) is 8.41. The van der Waals surface area contributed by atoms with Gasteiger partial charge in [-0.1, -0.05) is 52.2 Å². The summed E-state index contributed by atoms with van der Waals surface area (Å²) in [4.78, 5) is 54.1. The van der Waals surface area contributed by atoms with Crippen LogP contribution in [0, 0.1) is 17.3 Å². The molecular formula is C29H47N3O7Si. The van der Waals surface area contributed by atoms with Crippen LogP contribution in [0.3, 0.4) is 0 Å². The molecule has 0 aromatic heterocycles. The molecule has 0 radical (unpaired) electrons. The van der Waals surface area contributed by atoms with Gasteiger partial charge in [0, 0.05) is 32.7 Å². The third-order valence-electron chi connectivity index (χ3n) is 7.55. The fraction of sp³-hybridized carbons (Fsp3) is 0.655. The van der Waals surface area contributed by atoms with Crippen LogP contribution in [0.5, 0.6) is 0 Å². The summed E-state index contributed by atoms with van der Waals surface area (Å²) >= 11 is 0. The number of carbonyl (C=O) groups is 4. The monoisotopic (exact) mass is 577 g/mol. The highest BCUT2D eigenvalue weighted by Gasteiger charge is 2.49. The first kappa shape index (κ1) is 33.3. The molecule has 2 heterocycles. The Labute approximate surface area is 240 Å². The number of ketones is 1. The third kappa shape index (κ3) is 8.79. The van der Waals surface area contributed by atoms with Gasteiger partial charge in [0.25, 0.3) is 0 Å². The average molecular weight is 578 g/mol. The molecule has 2 rings (SSSR count). The molecule has 0 aromatic carbocycles. The lowest BCUT2D eigenvalue weighted by Gasteiger charge is -2.46. The van der Waals surface area contributed by atoms with E-state index in [0.29, 0.717) is 18.6 Å². The minimum Gasteiger partial charge on any atom is -0.445 e. The highest BCUT2D eigenvalue weighted by atomic mass is 28.3. The van der Waals surface area contributed by atoms with Gasteiger partial charge in [0.05, 0.1) is 18.0 Å². The molecule has 11 heteroatoms. The molecule has 2 fully saturated rings. The second kappa shape index (κ2) is 14.6. The molecule has 0 unspecified atom stereocenters. The van der Waals surface area contributed by atoms with Gasteiger partial charge < -0.3 is 24.1 Å². The van der Waals surface area contributed by atoms with Crippen molar-refractivity contribution in [1.29, 1.82) is 0 Å².